The number of rotatable bonds is 8. The van der Waals surface area contributed by atoms with Crippen LogP contribution < -0.4 is 0 Å². The molecule has 138 valence electrons. The highest BCUT2D eigenvalue weighted by Crippen LogP contribution is 2.41. The van der Waals surface area contributed by atoms with Crippen LogP contribution in [0.25, 0.3) is 11.1 Å². The quantitative estimate of drug-likeness (QED) is 0.215. The number of benzene rings is 2. The molecule has 4 nitrogen and oxygen atoms in total. The lowest BCUT2D eigenvalue weighted by atomic mass is 9.81. The predicted octanol–water partition coefficient (Wildman–Crippen LogP) is 5.60. The van der Waals surface area contributed by atoms with Crippen LogP contribution in [0.3, 0.4) is 0 Å². The van der Waals surface area contributed by atoms with Gasteiger partial charge >= 0.3 is 0 Å². The molecule has 3 rings (SSSR count). The van der Waals surface area contributed by atoms with Crippen LogP contribution in [0.4, 0.5) is 5.69 Å². The van der Waals surface area contributed by atoms with Gasteiger partial charge in [-0.1, -0.05) is 35.4 Å². The number of hydrogen-bond acceptors (Lipinski definition) is 4. The van der Waals surface area contributed by atoms with Gasteiger partial charge in [-0.15, -0.1) is 4.33 Å². The van der Waals surface area contributed by atoms with Crippen molar-refractivity contribution in [2.24, 2.45) is 0 Å². The molecule has 0 radical (unpaired) electrons. The van der Waals surface area contributed by atoms with Gasteiger partial charge < -0.3 is 0 Å². The Balaban J connectivity index is 1.78. The Morgan fingerprint density at radius 3 is 2.54 bits per heavy atom. The van der Waals surface area contributed by atoms with Gasteiger partial charge in [-0.25, -0.2) is 5.26 Å². The molecule has 0 aliphatic carbocycles. The third-order valence-electron chi connectivity index (χ3n) is 5.32. The Morgan fingerprint density at radius 1 is 1.04 bits per heavy atom. The first kappa shape index (κ1) is 19.1. The highest BCUT2D eigenvalue weighted by molar-refractivity contribution is 7.94. The van der Waals surface area contributed by atoms with Crippen LogP contribution in [0.2, 0.25) is 0 Å². The van der Waals surface area contributed by atoms with Gasteiger partial charge in [0.2, 0.25) is 5.69 Å². The largest absolute Gasteiger partial charge is 0.220 e. The molecule has 0 unspecified atom stereocenters. The van der Waals surface area contributed by atoms with Crippen molar-refractivity contribution < 1.29 is 19.2 Å². The van der Waals surface area contributed by atoms with E-state index in [1.807, 2.05) is 0 Å². The van der Waals surface area contributed by atoms with Crippen molar-refractivity contribution in [1.82, 2.24) is 0 Å². The normalized spacial score (nSPS) is 15.4. The van der Waals surface area contributed by atoms with E-state index in [1.54, 1.807) is 0 Å². The fourth-order valence-corrected chi connectivity index (χ4v) is 4.00. The lowest BCUT2D eigenvalue weighted by Gasteiger charge is -2.16. The molecule has 0 fully saturated rings. The molecule has 0 spiro atoms. The Labute approximate surface area is 159 Å². The topological polar surface area (TPSA) is 41.7 Å². The molecule has 0 atom stereocenters. The summed E-state index contributed by atoms with van der Waals surface area (Å²) in [5.41, 5.74) is 6.65. The second kappa shape index (κ2) is 8.35. The summed E-state index contributed by atoms with van der Waals surface area (Å²) in [5.74, 6) is 0.788. The number of hydrogen-bond donors (Lipinski definition) is 1. The summed E-state index contributed by atoms with van der Waals surface area (Å²) in [4.78, 5) is 0. The highest BCUT2D eigenvalue weighted by atomic mass is 32.2. The Morgan fingerprint density at radius 2 is 1.81 bits per heavy atom. The first-order valence-corrected chi connectivity index (χ1v) is 9.88. The molecule has 2 aromatic rings. The number of fused-ring (bicyclic) bond motifs is 1. The van der Waals surface area contributed by atoms with Gasteiger partial charge in [0.25, 0.3) is 0 Å². The fourth-order valence-electron chi connectivity index (χ4n) is 3.57. The van der Waals surface area contributed by atoms with Crippen molar-refractivity contribution in [3.05, 3.63) is 54.1 Å². The molecule has 0 bridgehead atoms. The molecular weight excluding hydrogens is 346 g/mol. The SMILES string of the molecule is CC1=[N+](CCCCSOOO)c2ccc(-c3ccccc3)cc2C1(C)C. The van der Waals surface area contributed by atoms with Gasteiger partial charge in [0, 0.05) is 42.8 Å². The smallest absolute Gasteiger partial charge is 0.209 e. The summed E-state index contributed by atoms with van der Waals surface area (Å²) in [6.07, 6.45) is 2.05. The molecule has 0 amide bonds. The minimum Gasteiger partial charge on any atom is -0.220 e. The predicted molar refractivity (Wildman–Crippen MR) is 107 cm³/mol. The van der Waals surface area contributed by atoms with Gasteiger partial charge in [-0.05, 0) is 43.5 Å². The maximum Gasteiger partial charge on any atom is 0.209 e. The molecule has 1 aliphatic rings. The van der Waals surface area contributed by atoms with Crippen LogP contribution in [-0.4, -0.2) is 27.8 Å². The van der Waals surface area contributed by atoms with Crippen molar-refractivity contribution >= 4 is 23.4 Å². The van der Waals surface area contributed by atoms with E-state index in [0.717, 1.165) is 37.2 Å². The summed E-state index contributed by atoms with van der Waals surface area (Å²) in [5, 5.41) is 11.8. The maximum absolute atomic E-state index is 8.15. The molecule has 0 saturated carbocycles. The van der Waals surface area contributed by atoms with Gasteiger partial charge in [0.15, 0.2) is 5.71 Å². The van der Waals surface area contributed by atoms with Crippen LogP contribution in [0, 0.1) is 0 Å². The third kappa shape index (κ3) is 3.86. The monoisotopic (exact) mass is 372 g/mol. The second-order valence-corrected chi connectivity index (χ2v) is 7.91. The van der Waals surface area contributed by atoms with Crippen LogP contribution in [0.5, 0.6) is 0 Å². The summed E-state index contributed by atoms with van der Waals surface area (Å²) >= 11 is 1.12. The first-order chi connectivity index (χ1) is 12.6. The van der Waals surface area contributed by atoms with Crippen LogP contribution >= 0.6 is 12.0 Å². The maximum atomic E-state index is 8.15. The fraction of sp³-hybridized carbons (Fsp3) is 0.381. The Hall–Kier alpha value is -1.66. The molecular formula is C21H26NO3S+. The van der Waals surface area contributed by atoms with E-state index >= 15 is 0 Å². The molecule has 1 heterocycles. The minimum atomic E-state index is 0.0305. The van der Waals surface area contributed by atoms with E-state index in [1.165, 1.54) is 28.1 Å². The van der Waals surface area contributed by atoms with Crippen LogP contribution in [0.15, 0.2) is 48.5 Å². The zero-order chi connectivity index (χ0) is 18.6. The average molecular weight is 373 g/mol. The van der Waals surface area contributed by atoms with E-state index in [0.29, 0.717) is 0 Å². The van der Waals surface area contributed by atoms with Crippen LogP contribution in [0.1, 0.15) is 39.2 Å². The summed E-state index contributed by atoms with van der Waals surface area (Å²) < 4.78 is 6.87. The van der Waals surface area contributed by atoms with Gasteiger partial charge in [0.1, 0.15) is 6.54 Å². The number of nitrogens with zero attached hydrogens (tertiary/aromatic N) is 1. The summed E-state index contributed by atoms with van der Waals surface area (Å²) in [6, 6.07) is 17.4. The Kier molecular flexibility index (Phi) is 6.14. The van der Waals surface area contributed by atoms with E-state index in [2.05, 4.69) is 83.2 Å². The third-order valence-corrected chi connectivity index (χ3v) is 5.93. The second-order valence-electron chi connectivity index (χ2n) is 7.13. The molecule has 26 heavy (non-hydrogen) atoms. The molecule has 5 heteroatoms. The Bertz CT molecular complexity index is 787. The summed E-state index contributed by atoms with van der Waals surface area (Å²) in [6.45, 7) is 7.82. The van der Waals surface area contributed by atoms with Crippen LogP contribution in [-0.2, 0) is 14.8 Å². The van der Waals surface area contributed by atoms with Crippen molar-refractivity contribution in [2.45, 2.75) is 39.0 Å². The first-order valence-electron chi connectivity index (χ1n) is 8.97. The molecule has 1 aliphatic heterocycles. The lowest BCUT2D eigenvalue weighted by Crippen LogP contribution is -2.26. The highest BCUT2D eigenvalue weighted by Gasteiger charge is 2.42. The van der Waals surface area contributed by atoms with E-state index in [-0.39, 0.29) is 5.41 Å². The average Bonchev–Trinajstić information content (AvgIpc) is 2.85. The van der Waals surface area contributed by atoms with Gasteiger partial charge in [0.05, 0.1) is 5.41 Å². The van der Waals surface area contributed by atoms with Crippen molar-refractivity contribution in [3.63, 3.8) is 0 Å². The van der Waals surface area contributed by atoms with Gasteiger partial charge in [-0.3, -0.25) is 0 Å². The standard InChI is InChI=1S/C21H25NO3S/c1-16-21(2,3)19-15-18(17-9-5-4-6-10-17)11-12-20(19)22(16)13-7-8-14-26-25-24-23/h4-6,9-12,15H,7-8,13-14H2,1-3H3/p+1. The molecule has 0 saturated heterocycles. The zero-order valence-electron chi connectivity index (χ0n) is 15.6. The zero-order valence-corrected chi connectivity index (χ0v) is 16.4. The van der Waals surface area contributed by atoms with Crippen molar-refractivity contribution in [3.8, 4) is 11.1 Å². The minimum absolute atomic E-state index is 0.0305. The lowest BCUT2D eigenvalue weighted by molar-refractivity contribution is -0.439. The molecule has 1 N–H and O–H groups in total. The van der Waals surface area contributed by atoms with Crippen molar-refractivity contribution in [1.29, 1.82) is 0 Å². The van der Waals surface area contributed by atoms with E-state index in [4.69, 9.17) is 5.26 Å². The van der Waals surface area contributed by atoms with E-state index in [9.17, 15) is 0 Å². The van der Waals surface area contributed by atoms with Crippen molar-refractivity contribution in [2.75, 3.05) is 12.3 Å². The summed E-state index contributed by atoms with van der Waals surface area (Å²) in [7, 11) is 0. The van der Waals surface area contributed by atoms with Gasteiger partial charge in [-0.2, -0.15) is 4.58 Å². The van der Waals surface area contributed by atoms with E-state index < -0.39 is 0 Å². The molecule has 2 aromatic carbocycles. The molecule has 0 aromatic heterocycles. The number of unbranched alkanes of at least 4 members (excludes halogenated alkanes) is 1.